The summed E-state index contributed by atoms with van der Waals surface area (Å²) in [6, 6.07) is 18.7. The van der Waals surface area contributed by atoms with Crippen LogP contribution in [0.15, 0.2) is 67.0 Å². The molecule has 5 rings (SSSR count). The second-order valence-electron chi connectivity index (χ2n) is 6.23. The largest absolute Gasteiger partial charge is 0.341 e. The van der Waals surface area contributed by atoms with E-state index in [2.05, 4.69) is 74.2 Å². The van der Waals surface area contributed by atoms with Gasteiger partial charge >= 0.3 is 0 Å². The van der Waals surface area contributed by atoms with E-state index in [1.165, 1.54) is 21.8 Å². The molecular weight excluding hydrogens is 322 g/mol. The van der Waals surface area contributed by atoms with Gasteiger partial charge in [0.1, 0.15) is 0 Å². The molecule has 5 aromatic rings. The van der Waals surface area contributed by atoms with E-state index in [4.69, 9.17) is 0 Å². The zero-order valence-electron chi connectivity index (χ0n) is 14.3. The molecule has 0 aliphatic carbocycles. The van der Waals surface area contributed by atoms with E-state index in [0.29, 0.717) is 11.6 Å². The van der Waals surface area contributed by atoms with Crippen LogP contribution in [0.2, 0.25) is 0 Å². The molecule has 0 amide bonds. The van der Waals surface area contributed by atoms with Gasteiger partial charge in [-0.2, -0.15) is 4.98 Å². The molecule has 0 fully saturated rings. The van der Waals surface area contributed by atoms with E-state index in [1.807, 2.05) is 12.1 Å². The number of aryl methyl sites for hydroxylation is 1. The Hall–Kier alpha value is -3.47. The Morgan fingerprint density at radius 1 is 0.923 bits per heavy atom. The van der Waals surface area contributed by atoms with Crippen molar-refractivity contribution in [3.63, 3.8) is 0 Å². The first-order valence-electron chi connectivity index (χ1n) is 8.69. The fourth-order valence-electron chi connectivity index (χ4n) is 3.52. The smallest absolute Gasteiger partial charge is 0.229 e. The van der Waals surface area contributed by atoms with Crippen LogP contribution in [0.25, 0.3) is 32.8 Å². The molecule has 0 aliphatic heterocycles. The van der Waals surface area contributed by atoms with E-state index >= 15 is 0 Å². The van der Waals surface area contributed by atoms with Crippen LogP contribution in [0.3, 0.4) is 0 Å². The standard InChI is InChI=1S/C21H17N5/c1-2-26-18-8-4-3-7-16(18)17-12-15(9-10-19(17)26)24-21-23-13-14-6-5-11-22-20(14)25-21/h3-13H,2H2,1H3,(H,22,23,24,25). The number of aromatic nitrogens is 4. The number of nitrogens with zero attached hydrogens (tertiary/aromatic N) is 4. The maximum Gasteiger partial charge on any atom is 0.229 e. The molecule has 5 nitrogen and oxygen atoms in total. The molecule has 0 saturated heterocycles. The quantitative estimate of drug-likeness (QED) is 0.508. The summed E-state index contributed by atoms with van der Waals surface area (Å²) in [5.74, 6) is 0.551. The number of nitrogens with one attached hydrogen (secondary N) is 1. The zero-order chi connectivity index (χ0) is 17.5. The SMILES string of the molecule is CCn1c2ccccc2c2cc(Nc3ncc4cccnc4n3)ccc21. The molecule has 0 spiro atoms. The summed E-state index contributed by atoms with van der Waals surface area (Å²) < 4.78 is 2.34. The molecule has 3 heterocycles. The third-order valence-corrected chi connectivity index (χ3v) is 4.70. The van der Waals surface area contributed by atoms with Crippen molar-refractivity contribution in [1.29, 1.82) is 0 Å². The number of anilines is 2. The molecular formula is C21H17N5. The van der Waals surface area contributed by atoms with Crippen LogP contribution in [0.1, 0.15) is 6.92 Å². The van der Waals surface area contributed by atoms with Crippen molar-refractivity contribution in [3.05, 3.63) is 67.0 Å². The van der Waals surface area contributed by atoms with Gasteiger partial charge in [-0.25, -0.2) is 9.97 Å². The average molecular weight is 339 g/mol. The highest BCUT2D eigenvalue weighted by atomic mass is 15.1. The first kappa shape index (κ1) is 14.8. The van der Waals surface area contributed by atoms with Gasteiger partial charge in [0.2, 0.25) is 5.95 Å². The molecule has 5 heteroatoms. The number of para-hydroxylation sites is 1. The highest BCUT2D eigenvalue weighted by Gasteiger charge is 2.10. The summed E-state index contributed by atoms with van der Waals surface area (Å²) in [4.78, 5) is 13.2. The van der Waals surface area contributed by atoms with Crippen LogP contribution < -0.4 is 5.32 Å². The van der Waals surface area contributed by atoms with Crippen molar-refractivity contribution in [3.8, 4) is 0 Å². The second kappa shape index (κ2) is 5.81. The lowest BCUT2D eigenvalue weighted by Crippen LogP contribution is -1.98. The van der Waals surface area contributed by atoms with Gasteiger partial charge in [0.15, 0.2) is 5.65 Å². The van der Waals surface area contributed by atoms with E-state index in [-0.39, 0.29) is 0 Å². The van der Waals surface area contributed by atoms with Gasteiger partial charge in [0, 0.05) is 51.8 Å². The highest BCUT2D eigenvalue weighted by Crippen LogP contribution is 2.31. The predicted octanol–water partition coefficient (Wildman–Crippen LogP) is 4.90. The molecule has 0 unspecified atom stereocenters. The van der Waals surface area contributed by atoms with Gasteiger partial charge < -0.3 is 9.88 Å². The van der Waals surface area contributed by atoms with Gasteiger partial charge in [-0.1, -0.05) is 18.2 Å². The summed E-state index contributed by atoms with van der Waals surface area (Å²) in [5.41, 5.74) is 4.15. The van der Waals surface area contributed by atoms with E-state index in [1.54, 1.807) is 12.4 Å². The summed E-state index contributed by atoms with van der Waals surface area (Å²) in [7, 11) is 0. The van der Waals surface area contributed by atoms with Gasteiger partial charge in [0.25, 0.3) is 0 Å². The molecule has 0 aliphatic rings. The van der Waals surface area contributed by atoms with Crippen LogP contribution in [0.5, 0.6) is 0 Å². The number of benzene rings is 2. The van der Waals surface area contributed by atoms with Crippen LogP contribution in [0, 0.1) is 0 Å². The lowest BCUT2D eigenvalue weighted by atomic mass is 10.1. The molecule has 26 heavy (non-hydrogen) atoms. The Labute approximate surface area is 150 Å². The van der Waals surface area contributed by atoms with Crippen molar-refractivity contribution < 1.29 is 0 Å². The Kier molecular flexibility index (Phi) is 3.31. The molecule has 126 valence electrons. The second-order valence-corrected chi connectivity index (χ2v) is 6.23. The van der Waals surface area contributed by atoms with Gasteiger partial charge in [-0.05, 0) is 43.3 Å². The van der Waals surface area contributed by atoms with Crippen LogP contribution in [-0.4, -0.2) is 19.5 Å². The van der Waals surface area contributed by atoms with Crippen molar-refractivity contribution in [2.75, 3.05) is 5.32 Å². The molecule has 1 N–H and O–H groups in total. The lowest BCUT2D eigenvalue weighted by molar-refractivity contribution is 0.827. The van der Waals surface area contributed by atoms with E-state index in [0.717, 1.165) is 17.6 Å². The number of pyridine rings is 1. The Bertz CT molecular complexity index is 1260. The maximum atomic E-state index is 4.50. The van der Waals surface area contributed by atoms with Gasteiger partial charge in [0.05, 0.1) is 0 Å². The first-order chi connectivity index (χ1) is 12.8. The van der Waals surface area contributed by atoms with E-state index in [9.17, 15) is 0 Å². The third-order valence-electron chi connectivity index (χ3n) is 4.70. The van der Waals surface area contributed by atoms with Crippen LogP contribution in [-0.2, 0) is 6.54 Å². The number of fused-ring (bicyclic) bond motifs is 4. The van der Waals surface area contributed by atoms with Crippen LogP contribution in [0.4, 0.5) is 11.6 Å². The molecule has 3 aromatic heterocycles. The predicted molar refractivity (Wildman–Crippen MR) is 106 cm³/mol. The summed E-state index contributed by atoms with van der Waals surface area (Å²) >= 11 is 0. The minimum Gasteiger partial charge on any atom is -0.341 e. The normalized spacial score (nSPS) is 11.4. The Morgan fingerprint density at radius 3 is 2.73 bits per heavy atom. The zero-order valence-corrected chi connectivity index (χ0v) is 14.3. The summed E-state index contributed by atoms with van der Waals surface area (Å²) in [5, 5.41) is 6.73. The Balaban J connectivity index is 1.61. The monoisotopic (exact) mass is 339 g/mol. The van der Waals surface area contributed by atoms with E-state index < -0.39 is 0 Å². The maximum absolute atomic E-state index is 4.50. The topological polar surface area (TPSA) is 55.6 Å². The minimum atomic E-state index is 0.551. The fourth-order valence-corrected chi connectivity index (χ4v) is 3.52. The Morgan fingerprint density at radius 2 is 1.81 bits per heavy atom. The molecule has 0 radical (unpaired) electrons. The summed E-state index contributed by atoms with van der Waals surface area (Å²) in [6.45, 7) is 3.12. The van der Waals surface area contributed by atoms with Gasteiger partial charge in [-0.15, -0.1) is 0 Å². The third kappa shape index (κ3) is 2.29. The molecule has 0 bridgehead atoms. The molecule has 0 saturated carbocycles. The summed E-state index contributed by atoms with van der Waals surface area (Å²) in [6.07, 6.45) is 3.53. The number of hydrogen-bond donors (Lipinski definition) is 1. The number of hydrogen-bond acceptors (Lipinski definition) is 4. The van der Waals surface area contributed by atoms with Crippen molar-refractivity contribution in [2.24, 2.45) is 0 Å². The first-order valence-corrected chi connectivity index (χ1v) is 8.69. The van der Waals surface area contributed by atoms with Gasteiger partial charge in [-0.3, -0.25) is 0 Å². The highest BCUT2D eigenvalue weighted by molar-refractivity contribution is 6.09. The van der Waals surface area contributed by atoms with Crippen molar-refractivity contribution in [1.82, 2.24) is 19.5 Å². The minimum absolute atomic E-state index is 0.551. The lowest BCUT2D eigenvalue weighted by Gasteiger charge is -2.07. The molecule has 0 atom stereocenters. The van der Waals surface area contributed by atoms with Crippen LogP contribution >= 0.6 is 0 Å². The molecule has 2 aromatic carbocycles. The number of rotatable bonds is 3. The van der Waals surface area contributed by atoms with Crippen molar-refractivity contribution in [2.45, 2.75) is 13.5 Å². The van der Waals surface area contributed by atoms with Crippen molar-refractivity contribution >= 4 is 44.5 Å². The fraction of sp³-hybridized carbons (Fsp3) is 0.0952. The average Bonchev–Trinajstić information content (AvgIpc) is 3.01.